The van der Waals surface area contributed by atoms with Crippen LogP contribution in [0.3, 0.4) is 0 Å². The number of carbonyl (C=O) groups is 1. The molecule has 2 aromatic rings. The van der Waals surface area contributed by atoms with Crippen molar-refractivity contribution in [2.75, 3.05) is 25.0 Å². The Bertz CT molecular complexity index is 744. The maximum atomic E-state index is 12.4. The van der Waals surface area contributed by atoms with Crippen LogP contribution in [0.15, 0.2) is 41.0 Å². The van der Waals surface area contributed by atoms with Crippen molar-refractivity contribution in [2.24, 2.45) is 0 Å². The number of nitrogens with zero attached hydrogens (tertiary/aromatic N) is 2. The van der Waals surface area contributed by atoms with Crippen molar-refractivity contribution in [3.63, 3.8) is 0 Å². The normalized spacial score (nSPS) is 17.5. The first-order valence-electron chi connectivity index (χ1n) is 7.50. The molecule has 0 bridgehead atoms. The Labute approximate surface area is 138 Å². The van der Waals surface area contributed by atoms with E-state index in [0.29, 0.717) is 36.7 Å². The topological polar surface area (TPSA) is 97.9 Å². The SMILES string of the molecule is Cc1cc(NC(=O)N2CCO[C@@H](c3ccco3)C2)ccc1[N+](=O)[O-]. The Morgan fingerprint density at radius 3 is 2.92 bits per heavy atom. The highest BCUT2D eigenvalue weighted by Gasteiger charge is 2.27. The fraction of sp³-hybridized carbons (Fsp3) is 0.312. The number of amides is 2. The van der Waals surface area contributed by atoms with Crippen LogP contribution >= 0.6 is 0 Å². The number of morpholine rings is 1. The standard InChI is InChI=1S/C16H17N3O5/c1-11-9-12(4-5-13(11)19(21)22)17-16(20)18-6-8-24-15(10-18)14-3-2-7-23-14/h2-5,7,9,15H,6,8,10H2,1H3,(H,17,20)/t15-/m1/s1. The second-order valence-corrected chi connectivity index (χ2v) is 5.51. The van der Waals surface area contributed by atoms with Gasteiger partial charge in [-0.3, -0.25) is 10.1 Å². The van der Waals surface area contributed by atoms with Crippen molar-refractivity contribution in [1.29, 1.82) is 0 Å². The van der Waals surface area contributed by atoms with Crippen LogP contribution in [0.5, 0.6) is 0 Å². The molecule has 1 aromatic heterocycles. The summed E-state index contributed by atoms with van der Waals surface area (Å²) in [6.45, 7) is 2.90. The largest absolute Gasteiger partial charge is 0.467 e. The van der Waals surface area contributed by atoms with Crippen LogP contribution in [0.25, 0.3) is 0 Å². The Morgan fingerprint density at radius 2 is 2.25 bits per heavy atom. The van der Waals surface area contributed by atoms with Gasteiger partial charge in [0.1, 0.15) is 11.9 Å². The first-order chi connectivity index (χ1) is 11.5. The average molecular weight is 331 g/mol. The Balaban J connectivity index is 1.66. The molecule has 24 heavy (non-hydrogen) atoms. The molecule has 1 aliphatic rings. The van der Waals surface area contributed by atoms with Gasteiger partial charge < -0.3 is 19.4 Å². The van der Waals surface area contributed by atoms with Gasteiger partial charge in [0.05, 0.1) is 24.3 Å². The lowest BCUT2D eigenvalue weighted by Gasteiger charge is -2.32. The Kier molecular flexibility index (Phi) is 4.48. The number of aryl methyl sites for hydroxylation is 1. The van der Waals surface area contributed by atoms with E-state index in [9.17, 15) is 14.9 Å². The lowest BCUT2D eigenvalue weighted by atomic mass is 10.2. The number of nitro groups is 1. The molecule has 1 saturated heterocycles. The first-order valence-corrected chi connectivity index (χ1v) is 7.50. The third kappa shape index (κ3) is 3.38. The van der Waals surface area contributed by atoms with E-state index >= 15 is 0 Å². The summed E-state index contributed by atoms with van der Waals surface area (Å²) in [5.41, 5.74) is 1.04. The summed E-state index contributed by atoms with van der Waals surface area (Å²) >= 11 is 0. The smallest absolute Gasteiger partial charge is 0.322 e. The number of hydrogen-bond donors (Lipinski definition) is 1. The molecule has 0 aliphatic carbocycles. The number of nitrogens with one attached hydrogen (secondary N) is 1. The quantitative estimate of drug-likeness (QED) is 0.688. The second-order valence-electron chi connectivity index (χ2n) is 5.51. The van der Waals surface area contributed by atoms with Gasteiger partial charge in [0, 0.05) is 23.9 Å². The van der Waals surface area contributed by atoms with Gasteiger partial charge in [-0.2, -0.15) is 0 Å². The number of nitro benzene ring substituents is 1. The minimum atomic E-state index is -0.448. The van der Waals surface area contributed by atoms with E-state index in [1.165, 1.54) is 12.1 Å². The summed E-state index contributed by atoms with van der Waals surface area (Å²) in [5.74, 6) is 0.679. The highest BCUT2D eigenvalue weighted by atomic mass is 16.6. The van der Waals surface area contributed by atoms with Gasteiger partial charge in [0.25, 0.3) is 5.69 Å². The molecule has 0 unspecified atom stereocenters. The summed E-state index contributed by atoms with van der Waals surface area (Å²) in [4.78, 5) is 24.4. The zero-order valence-corrected chi connectivity index (χ0v) is 13.1. The molecule has 3 rings (SSSR count). The van der Waals surface area contributed by atoms with Crippen molar-refractivity contribution >= 4 is 17.4 Å². The predicted octanol–water partition coefficient (Wildman–Crippen LogP) is 3.10. The highest BCUT2D eigenvalue weighted by molar-refractivity contribution is 5.89. The minimum Gasteiger partial charge on any atom is -0.467 e. The van der Waals surface area contributed by atoms with Gasteiger partial charge in [-0.1, -0.05) is 0 Å². The summed E-state index contributed by atoms with van der Waals surface area (Å²) < 4.78 is 10.9. The van der Waals surface area contributed by atoms with Gasteiger partial charge in [0.2, 0.25) is 0 Å². The number of rotatable bonds is 3. The van der Waals surface area contributed by atoms with Crippen LogP contribution in [0, 0.1) is 17.0 Å². The molecule has 8 heteroatoms. The molecular weight excluding hydrogens is 314 g/mol. The molecule has 0 radical (unpaired) electrons. The Hall–Kier alpha value is -2.87. The van der Waals surface area contributed by atoms with Gasteiger partial charge in [-0.15, -0.1) is 0 Å². The van der Waals surface area contributed by atoms with Gasteiger partial charge in [-0.25, -0.2) is 4.79 Å². The molecule has 2 heterocycles. The van der Waals surface area contributed by atoms with E-state index in [1.54, 1.807) is 30.2 Å². The molecule has 2 amide bonds. The number of furan rings is 1. The summed E-state index contributed by atoms with van der Waals surface area (Å²) in [6.07, 6.45) is 1.27. The van der Waals surface area contributed by atoms with Crippen LogP contribution in [-0.2, 0) is 4.74 Å². The van der Waals surface area contributed by atoms with Crippen molar-refractivity contribution in [2.45, 2.75) is 13.0 Å². The number of carbonyl (C=O) groups excluding carboxylic acids is 1. The first kappa shape index (κ1) is 16.0. The van der Waals surface area contributed by atoms with Crippen molar-refractivity contribution in [3.8, 4) is 0 Å². The number of urea groups is 1. The number of hydrogen-bond acceptors (Lipinski definition) is 5. The fourth-order valence-corrected chi connectivity index (χ4v) is 2.62. The van der Waals surface area contributed by atoms with Crippen LogP contribution < -0.4 is 5.32 Å². The van der Waals surface area contributed by atoms with E-state index in [2.05, 4.69) is 5.32 Å². The maximum absolute atomic E-state index is 12.4. The second kappa shape index (κ2) is 6.71. The molecule has 1 fully saturated rings. The van der Waals surface area contributed by atoms with Crippen molar-refractivity contribution < 1.29 is 18.9 Å². The van der Waals surface area contributed by atoms with E-state index in [-0.39, 0.29) is 17.8 Å². The maximum Gasteiger partial charge on any atom is 0.322 e. The summed E-state index contributed by atoms with van der Waals surface area (Å²) in [7, 11) is 0. The predicted molar refractivity (Wildman–Crippen MR) is 85.8 cm³/mol. The summed E-state index contributed by atoms with van der Waals surface area (Å²) in [5, 5.41) is 13.6. The minimum absolute atomic E-state index is 0.0252. The van der Waals surface area contributed by atoms with Crippen LogP contribution in [0.4, 0.5) is 16.2 Å². The monoisotopic (exact) mass is 331 g/mol. The molecule has 1 N–H and O–H groups in total. The third-order valence-corrected chi connectivity index (χ3v) is 3.86. The van der Waals surface area contributed by atoms with E-state index < -0.39 is 4.92 Å². The molecule has 1 aromatic carbocycles. The number of anilines is 1. The number of benzene rings is 1. The molecule has 126 valence electrons. The van der Waals surface area contributed by atoms with E-state index in [4.69, 9.17) is 9.15 Å². The lowest BCUT2D eigenvalue weighted by Crippen LogP contribution is -2.44. The van der Waals surface area contributed by atoms with Crippen LogP contribution in [0.2, 0.25) is 0 Å². The van der Waals surface area contributed by atoms with Crippen LogP contribution in [-0.4, -0.2) is 35.6 Å². The van der Waals surface area contributed by atoms with Gasteiger partial charge >= 0.3 is 6.03 Å². The molecule has 1 aliphatic heterocycles. The zero-order valence-electron chi connectivity index (χ0n) is 13.1. The van der Waals surface area contributed by atoms with Gasteiger partial charge in [-0.05, 0) is 31.2 Å². The number of ether oxygens (including phenoxy) is 1. The van der Waals surface area contributed by atoms with E-state index in [0.717, 1.165) is 0 Å². The van der Waals surface area contributed by atoms with Crippen molar-refractivity contribution in [1.82, 2.24) is 4.90 Å². The third-order valence-electron chi connectivity index (χ3n) is 3.86. The molecule has 8 nitrogen and oxygen atoms in total. The average Bonchev–Trinajstić information content (AvgIpc) is 3.09. The van der Waals surface area contributed by atoms with E-state index in [1.807, 2.05) is 6.07 Å². The van der Waals surface area contributed by atoms with Crippen LogP contribution in [0.1, 0.15) is 17.4 Å². The molecule has 0 saturated carbocycles. The Morgan fingerprint density at radius 1 is 1.42 bits per heavy atom. The fourth-order valence-electron chi connectivity index (χ4n) is 2.62. The summed E-state index contributed by atoms with van der Waals surface area (Å²) in [6, 6.07) is 7.80. The molecule has 0 spiro atoms. The lowest BCUT2D eigenvalue weighted by molar-refractivity contribution is -0.385. The molecule has 1 atom stereocenters. The van der Waals surface area contributed by atoms with Crippen molar-refractivity contribution in [3.05, 3.63) is 58.0 Å². The molecular formula is C16H17N3O5. The zero-order chi connectivity index (χ0) is 17.1. The highest BCUT2D eigenvalue weighted by Crippen LogP contribution is 2.24. The van der Waals surface area contributed by atoms with Gasteiger partial charge in [0.15, 0.2) is 0 Å².